The number of quaternary nitrogens is 1. The van der Waals surface area contributed by atoms with E-state index in [-0.39, 0.29) is 0 Å². The summed E-state index contributed by atoms with van der Waals surface area (Å²) in [5.41, 5.74) is 7.09. The maximum absolute atomic E-state index is 2.45. The molecule has 1 aliphatic heterocycles. The highest BCUT2D eigenvalue weighted by Crippen LogP contribution is 2.41. The van der Waals surface area contributed by atoms with E-state index < -0.39 is 0 Å². The molecule has 0 atom stereocenters. The number of hydrogen-bond acceptors (Lipinski definition) is 0. The van der Waals surface area contributed by atoms with E-state index >= 15 is 0 Å². The standard InChI is InChI=1S/C26H25N/c1-17-13-19-9-5-7-11-21(19)25-23(17)15-27(3,4)16-24-18(2)14-20-10-6-8-12-22(20)26(24)25/h5-15H,16H2,1-4H3/q+2. The van der Waals surface area contributed by atoms with Gasteiger partial charge < -0.3 is 0 Å². The summed E-state index contributed by atoms with van der Waals surface area (Å²) in [6, 6.07) is 20.0. The molecule has 0 unspecified atom stereocenters. The smallest absolute Gasteiger partial charge is 0.178 e. The lowest BCUT2D eigenvalue weighted by atomic mass is 9.80. The Balaban J connectivity index is 2.07. The predicted octanol–water partition coefficient (Wildman–Crippen LogP) is 4.21. The zero-order chi connectivity index (χ0) is 18.8. The number of benzene rings is 3. The number of hydrogen-bond donors (Lipinski definition) is 0. The summed E-state index contributed by atoms with van der Waals surface area (Å²) in [4.78, 5) is 0. The summed E-state index contributed by atoms with van der Waals surface area (Å²) in [7, 11) is 4.62. The molecule has 0 bridgehead atoms. The van der Waals surface area contributed by atoms with Gasteiger partial charge in [0.25, 0.3) is 0 Å². The molecule has 0 aromatic heterocycles. The Labute approximate surface area is 161 Å². The molecule has 0 radical (unpaired) electrons. The molecule has 1 nitrogen and oxygen atoms in total. The lowest BCUT2D eigenvalue weighted by Gasteiger charge is -2.23. The first-order chi connectivity index (χ1) is 12.9. The van der Waals surface area contributed by atoms with Crippen LogP contribution >= 0.6 is 0 Å². The van der Waals surface area contributed by atoms with Gasteiger partial charge in [-0.3, -0.25) is 4.48 Å². The van der Waals surface area contributed by atoms with Crippen molar-refractivity contribution in [3.63, 3.8) is 0 Å². The van der Waals surface area contributed by atoms with Crippen LogP contribution in [0.3, 0.4) is 0 Å². The van der Waals surface area contributed by atoms with Gasteiger partial charge in [-0.15, -0.1) is 0 Å². The summed E-state index contributed by atoms with van der Waals surface area (Å²) in [6.07, 6.45) is 4.79. The van der Waals surface area contributed by atoms with Crippen molar-refractivity contribution in [3.05, 3.63) is 99.4 Å². The molecule has 3 aromatic carbocycles. The largest absolute Gasteiger partial charge is 0.261 e. The van der Waals surface area contributed by atoms with Gasteiger partial charge in [0.15, 0.2) is 11.8 Å². The Kier molecular flexibility index (Phi) is 3.41. The average molecular weight is 351 g/mol. The lowest BCUT2D eigenvalue weighted by Crippen LogP contribution is -2.34. The molecule has 0 saturated heterocycles. The summed E-state index contributed by atoms with van der Waals surface area (Å²) >= 11 is 0. The van der Waals surface area contributed by atoms with Gasteiger partial charge in [0.2, 0.25) is 0 Å². The van der Waals surface area contributed by atoms with Crippen LogP contribution in [0, 0.1) is 12.8 Å². The Morgan fingerprint density at radius 3 is 2.56 bits per heavy atom. The number of rotatable bonds is 0. The first-order valence-corrected chi connectivity index (χ1v) is 9.67. The molecule has 0 saturated carbocycles. The molecule has 3 aromatic rings. The minimum Gasteiger partial charge on any atom is -0.261 e. The molecule has 0 N–H and O–H groups in total. The Morgan fingerprint density at radius 2 is 1.70 bits per heavy atom. The van der Waals surface area contributed by atoms with E-state index in [0.717, 1.165) is 11.0 Å². The Morgan fingerprint density at radius 1 is 0.963 bits per heavy atom. The van der Waals surface area contributed by atoms with Gasteiger partial charge in [0.05, 0.1) is 30.1 Å². The van der Waals surface area contributed by atoms with Gasteiger partial charge in [-0.2, -0.15) is 0 Å². The first-order valence-electron chi connectivity index (χ1n) is 9.67. The second kappa shape index (κ2) is 5.61. The molecular formula is C26H25N+2. The second-order valence-electron chi connectivity index (χ2n) is 8.54. The minimum absolute atomic E-state index is 0.859. The third kappa shape index (κ3) is 2.46. The van der Waals surface area contributed by atoms with E-state index in [1.54, 1.807) is 0 Å². The fraction of sp³-hybridized carbons (Fsp3) is 0.192. The van der Waals surface area contributed by atoms with E-state index in [1.165, 1.54) is 55.0 Å². The minimum atomic E-state index is 0.859. The van der Waals surface area contributed by atoms with Crippen LogP contribution in [0.15, 0.2) is 66.4 Å². The zero-order valence-corrected chi connectivity index (χ0v) is 16.5. The third-order valence-electron chi connectivity index (χ3n) is 5.97. The van der Waals surface area contributed by atoms with Crippen molar-refractivity contribution in [1.82, 2.24) is 0 Å². The van der Waals surface area contributed by atoms with E-state index in [1.807, 2.05) is 0 Å². The predicted molar refractivity (Wildman–Crippen MR) is 114 cm³/mol. The van der Waals surface area contributed by atoms with E-state index in [0.29, 0.717) is 0 Å². The van der Waals surface area contributed by atoms with Crippen LogP contribution in [0.5, 0.6) is 0 Å². The summed E-state index contributed by atoms with van der Waals surface area (Å²) in [5.74, 6) is 1.35. The SMILES string of the molecule is Cc1cc2ccccc2c2c1C[N+](C)(C)C=C1C2=c2ccccc2=C[C+]1C. The van der Waals surface area contributed by atoms with E-state index in [2.05, 4.69) is 94.8 Å². The van der Waals surface area contributed by atoms with Crippen molar-refractivity contribution >= 4 is 22.4 Å². The molecule has 0 spiro atoms. The maximum atomic E-state index is 2.45. The number of allylic oxidation sites excluding steroid dienone is 1. The molecular weight excluding hydrogens is 326 g/mol. The first kappa shape index (κ1) is 16.4. The lowest BCUT2D eigenvalue weighted by molar-refractivity contribution is -0.853. The van der Waals surface area contributed by atoms with E-state index in [4.69, 9.17) is 0 Å². The van der Waals surface area contributed by atoms with Crippen molar-refractivity contribution in [2.45, 2.75) is 20.4 Å². The van der Waals surface area contributed by atoms with Gasteiger partial charge in [-0.1, -0.05) is 42.5 Å². The maximum Gasteiger partial charge on any atom is 0.178 e. The summed E-state index contributed by atoms with van der Waals surface area (Å²) in [6.45, 7) is 5.54. The average Bonchev–Trinajstić information content (AvgIpc) is 2.76. The van der Waals surface area contributed by atoms with Crippen LogP contribution in [0.4, 0.5) is 0 Å². The Hall–Kier alpha value is -2.77. The fourth-order valence-electron chi connectivity index (χ4n) is 4.76. The number of nitrogens with zero attached hydrogens (tertiary/aromatic N) is 1. The molecule has 1 heteroatoms. The van der Waals surface area contributed by atoms with Gasteiger partial charge >= 0.3 is 0 Å². The molecule has 2 aliphatic rings. The normalized spacial score (nSPS) is 17.4. The molecule has 0 amide bonds. The van der Waals surface area contributed by atoms with Crippen LogP contribution in [0.1, 0.15) is 23.6 Å². The molecule has 1 aliphatic carbocycles. The quantitative estimate of drug-likeness (QED) is 0.420. The topological polar surface area (TPSA) is 0 Å². The molecule has 5 rings (SSSR count). The van der Waals surface area contributed by atoms with Gasteiger partial charge in [0.1, 0.15) is 6.54 Å². The van der Waals surface area contributed by atoms with Crippen LogP contribution in [-0.4, -0.2) is 18.6 Å². The van der Waals surface area contributed by atoms with Crippen LogP contribution < -0.4 is 10.4 Å². The van der Waals surface area contributed by atoms with Crippen molar-refractivity contribution < 1.29 is 4.48 Å². The summed E-state index contributed by atoms with van der Waals surface area (Å²) < 4.78 is 0.859. The third-order valence-corrected chi connectivity index (χ3v) is 5.97. The number of aryl methyl sites for hydroxylation is 1. The highest BCUT2D eigenvalue weighted by atomic mass is 15.3. The molecule has 0 fully saturated rings. The van der Waals surface area contributed by atoms with Crippen LogP contribution in [0.25, 0.3) is 22.4 Å². The van der Waals surface area contributed by atoms with Crippen LogP contribution in [0.2, 0.25) is 0 Å². The highest BCUT2D eigenvalue weighted by Gasteiger charge is 2.37. The van der Waals surface area contributed by atoms with Gasteiger partial charge in [0, 0.05) is 28.5 Å². The zero-order valence-electron chi connectivity index (χ0n) is 16.5. The Bertz CT molecular complexity index is 1240. The van der Waals surface area contributed by atoms with E-state index in [9.17, 15) is 0 Å². The fourth-order valence-corrected chi connectivity index (χ4v) is 4.76. The van der Waals surface area contributed by atoms with Crippen molar-refractivity contribution in [2.24, 2.45) is 0 Å². The van der Waals surface area contributed by atoms with Gasteiger partial charge in [-0.05, 0) is 36.9 Å². The van der Waals surface area contributed by atoms with Gasteiger partial charge in [-0.25, -0.2) is 0 Å². The molecule has 132 valence electrons. The van der Waals surface area contributed by atoms with Crippen molar-refractivity contribution in [1.29, 1.82) is 0 Å². The van der Waals surface area contributed by atoms with Crippen molar-refractivity contribution in [2.75, 3.05) is 14.1 Å². The summed E-state index contributed by atoms with van der Waals surface area (Å²) in [5, 5.41) is 5.38. The van der Waals surface area contributed by atoms with Crippen molar-refractivity contribution in [3.8, 4) is 0 Å². The highest BCUT2D eigenvalue weighted by molar-refractivity contribution is 6.02. The second-order valence-corrected chi connectivity index (χ2v) is 8.54. The molecule has 1 heterocycles. The number of fused-ring (bicyclic) bond motifs is 6. The molecule has 27 heavy (non-hydrogen) atoms. The van der Waals surface area contributed by atoms with Crippen LogP contribution in [-0.2, 0) is 6.54 Å². The monoisotopic (exact) mass is 351 g/mol.